The van der Waals surface area contributed by atoms with E-state index >= 15 is 0 Å². The minimum Gasteiger partial charge on any atom is -0.460 e. The summed E-state index contributed by atoms with van der Waals surface area (Å²) in [6.07, 6.45) is 0.201. The Morgan fingerprint density at radius 2 is 2.04 bits per heavy atom. The summed E-state index contributed by atoms with van der Waals surface area (Å²) in [5, 5.41) is 13.9. The maximum absolute atomic E-state index is 12.4. The normalized spacial score (nSPS) is 22.8. The average Bonchev–Trinajstić information content (AvgIpc) is 3.14. The van der Waals surface area contributed by atoms with E-state index < -0.39 is 11.7 Å². The first-order valence-corrected chi connectivity index (χ1v) is 9.80. The smallest absolute Gasteiger partial charge is 0.309 e. The van der Waals surface area contributed by atoms with Crippen LogP contribution in [0.3, 0.4) is 0 Å². The molecular weight excluding hydrogens is 414 g/mol. The molecule has 27 heavy (non-hydrogen) atoms. The first-order valence-electron chi connectivity index (χ1n) is 9.00. The Kier molecular flexibility index (Phi) is 5.63. The van der Waals surface area contributed by atoms with Crippen LogP contribution < -0.4 is 5.32 Å². The largest absolute Gasteiger partial charge is 0.460 e. The molecule has 1 aliphatic rings. The number of aliphatic hydroxyl groups is 1. The van der Waals surface area contributed by atoms with E-state index in [1.165, 1.54) is 0 Å². The molecule has 146 valence electrons. The number of aliphatic hydroxyl groups excluding tert-OH is 1. The number of carbonyl (C=O) groups excluding carboxylic acids is 2. The highest BCUT2D eigenvalue weighted by molar-refractivity contribution is 9.10. The Morgan fingerprint density at radius 1 is 1.30 bits per heavy atom. The maximum Gasteiger partial charge on any atom is 0.309 e. The van der Waals surface area contributed by atoms with Crippen LogP contribution in [0.4, 0.5) is 0 Å². The molecule has 0 spiro atoms. The van der Waals surface area contributed by atoms with E-state index in [-0.39, 0.29) is 36.0 Å². The fourth-order valence-corrected chi connectivity index (χ4v) is 3.72. The molecule has 3 atom stereocenters. The minimum absolute atomic E-state index is 0.190. The molecule has 1 amide bonds. The van der Waals surface area contributed by atoms with Gasteiger partial charge in [-0.2, -0.15) is 0 Å². The zero-order valence-electron chi connectivity index (χ0n) is 15.6. The van der Waals surface area contributed by atoms with E-state index in [4.69, 9.17) is 9.15 Å². The Morgan fingerprint density at radius 3 is 2.74 bits per heavy atom. The van der Waals surface area contributed by atoms with Gasteiger partial charge in [0.25, 0.3) is 5.91 Å². The summed E-state index contributed by atoms with van der Waals surface area (Å²) in [6.45, 7) is 5.74. The van der Waals surface area contributed by atoms with Crippen molar-refractivity contribution in [2.24, 2.45) is 11.8 Å². The van der Waals surface area contributed by atoms with E-state index in [9.17, 15) is 14.7 Å². The van der Waals surface area contributed by atoms with Crippen LogP contribution in [0.25, 0.3) is 11.0 Å². The van der Waals surface area contributed by atoms with Crippen LogP contribution >= 0.6 is 15.9 Å². The first-order chi connectivity index (χ1) is 12.6. The number of rotatable bonds is 4. The summed E-state index contributed by atoms with van der Waals surface area (Å²) in [4.78, 5) is 24.6. The van der Waals surface area contributed by atoms with Crippen LogP contribution in [0.5, 0.6) is 0 Å². The van der Waals surface area contributed by atoms with Gasteiger partial charge in [-0.05, 0) is 57.9 Å². The SMILES string of the molecule is CC(C)(C)OC(=O)C1CC(O)C(CNC(=O)c2cc3cc(Br)ccc3o2)C1. The van der Waals surface area contributed by atoms with E-state index in [2.05, 4.69) is 21.2 Å². The van der Waals surface area contributed by atoms with Gasteiger partial charge in [0.15, 0.2) is 5.76 Å². The highest BCUT2D eigenvalue weighted by atomic mass is 79.9. The fourth-order valence-electron chi connectivity index (χ4n) is 3.34. The van der Waals surface area contributed by atoms with Gasteiger partial charge < -0.3 is 19.6 Å². The molecule has 2 aromatic rings. The summed E-state index contributed by atoms with van der Waals surface area (Å²) >= 11 is 3.39. The van der Waals surface area contributed by atoms with Crippen molar-refractivity contribution >= 4 is 38.8 Å². The number of carbonyl (C=O) groups is 2. The molecule has 1 aliphatic carbocycles. The van der Waals surface area contributed by atoms with Crippen LogP contribution in [0.15, 0.2) is 33.2 Å². The highest BCUT2D eigenvalue weighted by Crippen LogP contribution is 2.33. The van der Waals surface area contributed by atoms with Gasteiger partial charge >= 0.3 is 5.97 Å². The fraction of sp³-hybridized carbons (Fsp3) is 0.500. The minimum atomic E-state index is -0.644. The predicted octanol–water partition coefficient (Wildman–Crippen LogP) is 3.65. The topological polar surface area (TPSA) is 88.8 Å². The van der Waals surface area contributed by atoms with Gasteiger partial charge in [-0.25, -0.2) is 0 Å². The zero-order valence-corrected chi connectivity index (χ0v) is 17.2. The number of furan rings is 1. The van der Waals surface area contributed by atoms with Gasteiger partial charge in [-0.3, -0.25) is 9.59 Å². The molecule has 7 heteroatoms. The molecule has 3 unspecified atom stereocenters. The highest BCUT2D eigenvalue weighted by Gasteiger charge is 2.39. The van der Waals surface area contributed by atoms with Gasteiger partial charge in [-0.15, -0.1) is 0 Å². The summed E-state index contributed by atoms with van der Waals surface area (Å²) in [6, 6.07) is 7.20. The molecule has 0 saturated heterocycles. The van der Waals surface area contributed by atoms with Crippen LogP contribution in [0.1, 0.15) is 44.2 Å². The van der Waals surface area contributed by atoms with Gasteiger partial charge in [0.1, 0.15) is 11.2 Å². The number of hydrogen-bond acceptors (Lipinski definition) is 5. The Balaban J connectivity index is 1.57. The Bertz CT molecular complexity index is 854. The van der Waals surface area contributed by atoms with Crippen LogP contribution in [0, 0.1) is 11.8 Å². The number of esters is 1. The number of hydrogen-bond donors (Lipinski definition) is 2. The van der Waals surface area contributed by atoms with Crippen molar-refractivity contribution < 1.29 is 23.8 Å². The predicted molar refractivity (Wildman–Crippen MR) is 104 cm³/mol. The lowest BCUT2D eigenvalue weighted by Crippen LogP contribution is -2.32. The van der Waals surface area contributed by atoms with Crippen LogP contribution in [-0.4, -0.2) is 35.2 Å². The third-order valence-electron chi connectivity index (χ3n) is 4.62. The molecule has 1 heterocycles. The third-order valence-corrected chi connectivity index (χ3v) is 5.12. The van der Waals surface area contributed by atoms with Crippen molar-refractivity contribution in [3.05, 3.63) is 34.5 Å². The average molecular weight is 438 g/mol. The van der Waals surface area contributed by atoms with E-state index in [0.717, 1.165) is 9.86 Å². The van der Waals surface area contributed by atoms with Gasteiger partial charge in [0.2, 0.25) is 0 Å². The monoisotopic (exact) mass is 437 g/mol. The van der Waals surface area contributed by atoms with Gasteiger partial charge in [0, 0.05) is 22.3 Å². The molecule has 0 bridgehead atoms. The number of nitrogens with one attached hydrogen (secondary N) is 1. The van der Waals surface area contributed by atoms with Crippen molar-refractivity contribution in [1.29, 1.82) is 0 Å². The second-order valence-corrected chi connectivity index (χ2v) is 8.95. The van der Waals surface area contributed by atoms with Crippen molar-refractivity contribution in [2.45, 2.75) is 45.3 Å². The molecule has 0 radical (unpaired) electrons. The number of benzene rings is 1. The number of halogens is 1. The lowest BCUT2D eigenvalue weighted by atomic mass is 10.0. The zero-order chi connectivity index (χ0) is 19.8. The van der Waals surface area contributed by atoms with Gasteiger partial charge in [0.05, 0.1) is 12.0 Å². The van der Waals surface area contributed by atoms with Crippen molar-refractivity contribution in [1.82, 2.24) is 5.32 Å². The molecule has 3 rings (SSSR count). The second kappa shape index (κ2) is 7.64. The summed E-state index contributed by atoms with van der Waals surface area (Å²) in [5.41, 5.74) is 0.0826. The van der Waals surface area contributed by atoms with E-state index in [0.29, 0.717) is 18.4 Å². The Labute approximate surface area is 166 Å². The van der Waals surface area contributed by atoms with Crippen molar-refractivity contribution in [3.8, 4) is 0 Å². The van der Waals surface area contributed by atoms with Crippen LogP contribution in [-0.2, 0) is 9.53 Å². The molecule has 2 N–H and O–H groups in total. The van der Waals surface area contributed by atoms with Crippen LogP contribution in [0.2, 0.25) is 0 Å². The summed E-state index contributed by atoms with van der Waals surface area (Å²) in [7, 11) is 0. The molecule has 1 saturated carbocycles. The number of amides is 1. The second-order valence-electron chi connectivity index (χ2n) is 8.03. The Hall–Kier alpha value is -1.86. The summed E-state index contributed by atoms with van der Waals surface area (Å²) in [5.74, 6) is -0.942. The molecule has 1 aromatic carbocycles. The first kappa shape index (κ1) is 19.9. The van der Waals surface area contributed by atoms with Crippen molar-refractivity contribution in [2.75, 3.05) is 6.54 Å². The summed E-state index contributed by atoms with van der Waals surface area (Å²) < 4.78 is 11.9. The van der Waals surface area contributed by atoms with Gasteiger partial charge in [-0.1, -0.05) is 15.9 Å². The molecule has 0 aliphatic heterocycles. The number of ether oxygens (including phenoxy) is 1. The molecule has 6 nitrogen and oxygen atoms in total. The maximum atomic E-state index is 12.4. The van der Waals surface area contributed by atoms with Crippen molar-refractivity contribution in [3.63, 3.8) is 0 Å². The van der Waals surface area contributed by atoms with E-state index in [1.54, 1.807) is 12.1 Å². The number of fused-ring (bicyclic) bond motifs is 1. The molecule has 1 fully saturated rings. The lowest BCUT2D eigenvalue weighted by molar-refractivity contribution is -0.160. The molecule has 1 aromatic heterocycles. The standard InChI is InChI=1S/C20H24BrNO5/c1-20(2,3)27-19(25)12-6-13(15(23)8-12)10-22-18(24)17-9-11-7-14(21)4-5-16(11)26-17/h4-5,7,9,12-13,15,23H,6,8,10H2,1-3H3,(H,22,24). The van der Waals surface area contributed by atoms with E-state index in [1.807, 2.05) is 32.9 Å². The lowest BCUT2D eigenvalue weighted by Gasteiger charge is -2.22. The quantitative estimate of drug-likeness (QED) is 0.712. The third kappa shape index (κ3) is 4.90. The molecular formula is C20H24BrNO5.